The van der Waals surface area contributed by atoms with Crippen LogP contribution in [0.15, 0.2) is 41.0 Å². The molecule has 1 aromatic heterocycles. The van der Waals surface area contributed by atoms with Gasteiger partial charge < -0.3 is 19.6 Å². The van der Waals surface area contributed by atoms with Crippen LogP contribution in [0.3, 0.4) is 0 Å². The standard InChI is InChI=1S/C16H21NO3/c1-12-5-6-15(8-13(12)2)20-11-14(18)9-17-10-16-4-3-7-19-16/h3-8,14,17-18H,9-11H2,1-2H3/t14-/m1/s1. The molecule has 0 aliphatic carbocycles. The largest absolute Gasteiger partial charge is 0.491 e. The van der Waals surface area contributed by atoms with Gasteiger partial charge in [-0.1, -0.05) is 6.07 Å². The van der Waals surface area contributed by atoms with Crippen LogP contribution in [-0.4, -0.2) is 24.4 Å². The van der Waals surface area contributed by atoms with Gasteiger partial charge in [0.25, 0.3) is 0 Å². The Labute approximate surface area is 119 Å². The van der Waals surface area contributed by atoms with Crippen molar-refractivity contribution in [3.8, 4) is 5.75 Å². The fourth-order valence-corrected chi connectivity index (χ4v) is 1.83. The van der Waals surface area contributed by atoms with Gasteiger partial charge in [-0.3, -0.25) is 0 Å². The number of aryl methyl sites for hydroxylation is 2. The number of furan rings is 1. The van der Waals surface area contributed by atoms with E-state index in [2.05, 4.69) is 12.2 Å². The maximum absolute atomic E-state index is 9.84. The Kier molecular flexibility index (Phi) is 5.21. The first-order valence-electron chi connectivity index (χ1n) is 6.76. The quantitative estimate of drug-likeness (QED) is 0.815. The molecular weight excluding hydrogens is 254 g/mol. The average Bonchev–Trinajstić information content (AvgIpc) is 2.93. The highest BCUT2D eigenvalue weighted by molar-refractivity contribution is 5.33. The van der Waals surface area contributed by atoms with Crippen LogP contribution >= 0.6 is 0 Å². The van der Waals surface area contributed by atoms with Crippen LogP contribution in [0.25, 0.3) is 0 Å². The maximum atomic E-state index is 9.84. The molecule has 2 rings (SSSR count). The lowest BCUT2D eigenvalue weighted by Crippen LogP contribution is -2.31. The second-order valence-electron chi connectivity index (χ2n) is 4.92. The van der Waals surface area contributed by atoms with Gasteiger partial charge in [-0.25, -0.2) is 0 Å². The molecule has 1 heterocycles. The second-order valence-corrected chi connectivity index (χ2v) is 4.92. The van der Waals surface area contributed by atoms with Crippen molar-refractivity contribution in [3.05, 3.63) is 53.5 Å². The number of aliphatic hydroxyl groups excluding tert-OH is 1. The summed E-state index contributed by atoms with van der Waals surface area (Å²) in [4.78, 5) is 0. The van der Waals surface area contributed by atoms with Crippen molar-refractivity contribution < 1.29 is 14.3 Å². The SMILES string of the molecule is Cc1ccc(OC[C@H](O)CNCc2ccco2)cc1C. The van der Waals surface area contributed by atoms with E-state index in [1.807, 2.05) is 37.3 Å². The summed E-state index contributed by atoms with van der Waals surface area (Å²) in [6.07, 6.45) is 1.09. The summed E-state index contributed by atoms with van der Waals surface area (Å²) in [6.45, 7) is 5.45. The number of hydrogen-bond acceptors (Lipinski definition) is 4. The number of benzene rings is 1. The van der Waals surface area contributed by atoms with Crippen LogP contribution in [-0.2, 0) is 6.54 Å². The molecule has 20 heavy (non-hydrogen) atoms. The molecule has 4 heteroatoms. The first kappa shape index (κ1) is 14.6. The molecule has 4 nitrogen and oxygen atoms in total. The Balaban J connectivity index is 1.69. The van der Waals surface area contributed by atoms with Gasteiger partial charge in [0.2, 0.25) is 0 Å². The minimum Gasteiger partial charge on any atom is -0.491 e. The zero-order valence-electron chi connectivity index (χ0n) is 11.9. The third-order valence-corrected chi connectivity index (χ3v) is 3.18. The van der Waals surface area contributed by atoms with Gasteiger partial charge in [0.05, 0.1) is 12.8 Å². The first-order chi connectivity index (χ1) is 9.65. The third kappa shape index (κ3) is 4.40. The number of nitrogens with one attached hydrogen (secondary N) is 1. The van der Waals surface area contributed by atoms with E-state index in [4.69, 9.17) is 9.15 Å². The summed E-state index contributed by atoms with van der Waals surface area (Å²) in [5, 5.41) is 13.0. The van der Waals surface area contributed by atoms with E-state index in [1.54, 1.807) is 6.26 Å². The fourth-order valence-electron chi connectivity index (χ4n) is 1.83. The van der Waals surface area contributed by atoms with E-state index >= 15 is 0 Å². The first-order valence-corrected chi connectivity index (χ1v) is 6.76. The van der Waals surface area contributed by atoms with E-state index in [0.717, 1.165) is 11.5 Å². The normalized spacial score (nSPS) is 12.3. The minimum absolute atomic E-state index is 0.271. The fraction of sp³-hybridized carbons (Fsp3) is 0.375. The summed E-state index contributed by atoms with van der Waals surface area (Å²) in [5.41, 5.74) is 2.42. The predicted octanol–water partition coefficient (Wildman–Crippen LogP) is 2.43. The lowest BCUT2D eigenvalue weighted by Gasteiger charge is -2.13. The summed E-state index contributed by atoms with van der Waals surface area (Å²) in [5.74, 6) is 1.64. The molecule has 0 saturated carbocycles. The van der Waals surface area contributed by atoms with Crippen LogP contribution in [0.2, 0.25) is 0 Å². The number of ether oxygens (including phenoxy) is 1. The predicted molar refractivity (Wildman–Crippen MR) is 77.8 cm³/mol. The summed E-state index contributed by atoms with van der Waals surface area (Å²) >= 11 is 0. The molecule has 108 valence electrons. The molecule has 0 aliphatic rings. The van der Waals surface area contributed by atoms with Crippen LogP contribution in [0, 0.1) is 13.8 Å². The molecule has 0 unspecified atom stereocenters. The molecule has 0 radical (unpaired) electrons. The Bertz CT molecular complexity index is 523. The smallest absolute Gasteiger partial charge is 0.119 e. The van der Waals surface area contributed by atoms with Gasteiger partial charge in [0.1, 0.15) is 24.2 Å². The lowest BCUT2D eigenvalue weighted by molar-refractivity contribution is 0.105. The third-order valence-electron chi connectivity index (χ3n) is 3.18. The topological polar surface area (TPSA) is 54.6 Å². The van der Waals surface area contributed by atoms with Gasteiger partial charge in [-0.15, -0.1) is 0 Å². The van der Waals surface area contributed by atoms with Gasteiger partial charge >= 0.3 is 0 Å². The Morgan fingerprint density at radius 2 is 2.10 bits per heavy atom. The minimum atomic E-state index is -0.549. The van der Waals surface area contributed by atoms with Gasteiger partial charge in [-0.05, 0) is 49.2 Å². The Hall–Kier alpha value is -1.78. The highest BCUT2D eigenvalue weighted by atomic mass is 16.5. The molecule has 0 spiro atoms. The molecule has 2 aromatic rings. The number of rotatable bonds is 7. The molecule has 0 amide bonds. The second kappa shape index (κ2) is 7.12. The van der Waals surface area contributed by atoms with Crippen molar-refractivity contribution in [3.63, 3.8) is 0 Å². The van der Waals surface area contributed by atoms with Crippen molar-refractivity contribution in [1.29, 1.82) is 0 Å². The summed E-state index contributed by atoms with van der Waals surface area (Å²) < 4.78 is 10.8. The molecular formula is C16H21NO3. The highest BCUT2D eigenvalue weighted by Crippen LogP contribution is 2.16. The molecule has 2 N–H and O–H groups in total. The van der Waals surface area contributed by atoms with E-state index < -0.39 is 6.10 Å². The van der Waals surface area contributed by atoms with Crippen molar-refractivity contribution in [2.75, 3.05) is 13.2 Å². The zero-order chi connectivity index (χ0) is 14.4. The maximum Gasteiger partial charge on any atom is 0.119 e. The highest BCUT2D eigenvalue weighted by Gasteiger charge is 2.06. The van der Waals surface area contributed by atoms with Crippen LogP contribution in [0.4, 0.5) is 0 Å². The average molecular weight is 275 g/mol. The van der Waals surface area contributed by atoms with Gasteiger partial charge in [0.15, 0.2) is 0 Å². The summed E-state index contributed by atoms with van der Waals surface area (Å²) in [6, 6.07) is 9.66. The van der Waals surface area contributed by atoms with Gasteiger partial charge in [-0.2, -0.15) is 0 Å². The Morgan fingerprint density at radius 3 is 2.80 bits per heavy atom. The number of aliphatic hydroxyl groups is 1. The lowest BCUT2D eigenvalue weighted by atomic mass is 10.1. The number of hydrogen-bond donors (Lipinski definition) is 2. The van der Waals surface area contributed by atoms with Crippen LogP contribution in [0.5, 0.6) is 5.75 Å². The van der Waals surface area contributed by atoms with Gasteiger partial charge in [0, 0.05) is 6.54 Å². The molecule has 0 aliphatic heterocycles. The van der Waals surface area contributed by atoms with Crippen molar-refractivity contribution in [2.24, 2.45) is 0 Å². The van der Waals surface area contributed by atoms with E-state index in [1.165, 1.54) is 11.1 Å². The zero-order valence-corrected chi connectivity index (χ0v) is 11.9. The van der Waals surface area contributed by atoms with Crippen LogP contribution < -0.4 is 10.1 Å². The Morgan fingerprint density at radius 1 is 1.25 bits per heavy atom. The van der Waals surface area contributed by atoms with E-state index in [0.29, 0.717) is 13.1 Å². The molecule has 1 aromatic carbocycles. The van der Waals surface area contributed by atoms with Crippen LogP contribution in [0.1, 0.15) is 16.9 Å². The molecule has 1 atom stereocenters. The molecule has 0 fully saturated rings. The van der Waals surface area contributed by atoms with Crippen molar-refractivity contribution >= 4 is 0 Å². The van der Waals surface area contributed by atoms with Crippen molar-refractivity contribution in [1.82, 2.24) is 5.32 Å². The van der Waals surface area contributed by atoms with E-state index in [9.17, 15) is 5.11 Å². The molecule has 0 saturated heterocycles. The van der Waals surface area contributed by atoms with E-state index in [-0.39, 0.29) is 6.61 Å². The van der Waals surface area contributed by atoms with Crippen molar-refractivity contribution in [2.45, 2.75) is 26.5 Å². The molecule has 0 bridgehead atoms. The summed E-state index contributed by atoms with van der Waals surface area (Å²) in [7, 11) is 0. The monoisotopic (exact) mass is 275 g/mol.